The number of rotatable bonds is 4. The van der Waals surface area contributed by atoms with Gasteiger partial charge in [0.25, 0.3) is 0 Å². The number of carbonyl (C=O) groups is 1. The predicted octanol–water partition coefficient (Wildman–Crippen LogP) is 3.64. The number of aromatic nitrogens is 5. The smallest absolute Gasteiger partial charge is 0.316 e. The molecule has 0 atom stereocenters. The molecule has 0 unspecified atom stereocenters. The average molecular weight is 425 g/mol. The van der Waals surface area contributed by atoms with Crippen molar-refractivity contribution >= 4 is 27.5 Å². The molecule has 1 amide bonds. The van der Waals surface area contributed by atoms with E-state index in [0.29, 0.717) is 11.4 Å². The molecule has 0 aliphatic rings. The highest BCUT2D eigenvalue weighted by Crippen LogP contribution is 2.17. The number of aryl methyl sites for hydroxylation is 1. The molecule has 4 aromatic rings. The van der Waals surface area contributed by atoms with Crippen LogP contribution in [0.3, 0.4) is 0 Å². The van der Waals surface area contributed by atoms with Gasteiger partial charge in [0.05, 0.1) is 11.9 Å². The normalized spacial score (nSPS) is 10.7. The van der Waals surface area contributed by atoms with Crippen molar-refractivity contribution in [1.82, 2.24) is 25.1 Å². The van der Waals surface area contributed by atoms with E-state index in [1.54, 1.807) is 23.0 Å². The fourth-order valence-corrected chi connectivity index (χ4v) is 2.59. The molecule has 9 heteroatoms. The summed E-state index contributed by atoms with van der Waals surface area (Å²) < 4.78 is 7.57. The third kappa shape index (κ3) is 3.77. The quantitative estimate of drug-likeness (QED) is 0.536. The zero-order valence-electron chi connectivity index (χ0n) is 14.1. The second kappa shape index (κ2) is 7.12. The molecule has 4 rings (SSSR count). The molecule has 2 aromatic carbocycles. The van der Waals surface area contributed by atoms with E-state index in [9.17, 15) is 4.79 Å². The van der Waals surface area contributed by atoms with Crippen LogP contribution in [0.5, 0.6) is 0 Å². The summed E-state index contributed by atoms with van der Waals surface area (Å²) in [6.45, 7) is 2.01. The number of nitrogens with zero attached hydrogens (tertiary/aromatic N) is 5. The number of anilines is 1. The van der Waals surface area contributed by atoms with E-state index in [-0.39, 0.29) is 11.7 Å². The van der Waals surface area contributed by atoms with Gasteiger partial charge >= 0.3 is 11.8 Å². The Balaban J connectivity index is 1.51. The lowest BCUT2D eigenvalue weighted by Gasteiger charge is -2.01. The van der Waals surface area contributed by atoms with Gasteiger partial charge in [-0.2, -0.15) is 4.98 Å². The molecule has 0 radical (unpaired) electrons. The first kappa shape index (κ1) is 17.1. The highest BCUT2D eigenvalue weighted by Gasteiger charge is 2.18. The van der Waals surface area contributed by atoms with Gasteiger partial charge in [-0.05, 0) is 43.3 Å². The molecule has 0 spiro atoms. The van der Waals surface area contributed by atoms with Gasteiger partial charge in [-0.15, -0.1) is 5.10 Å². The molecule has 8 nitrogen and oxygen atoms in total. The number of halogens is 1. The van der Waals surface area contributed by atoms with Gasteiger partial charge in [0.15, 0.2) is 5.69 Å². The molecular formula is C18H13BrN6O2. The molecule has 2 heterocycles. The lowest BCUT2D eigenvalue weighted by molar-refractivity contribution is 0.0981. The topological polar surface area (TPSA) is 98.7 Å². The van der Waals surface area contributed by atoms with Gasteiger partial charge in [0.2, 0.25) is 5.82 Å². The zero-order chi connectivity index (χ0) is 18.8. The zero-order valence-corrected chi connectivity index (χ0v) is 15.7. The average Bonchev–Trinajstić information content (AvgIpc) is 3.33. The minimum Gasteiger partial charge on any atom is -0.328 e. The summed E-state index contributed by atoms with van der Waals surface area (Å²) in [7, 11) is 0. The summed E-state index contributed by atoms with van der Waals surface area (Å²) >= 11 is 3.34. The molecule has 0 aliphatic heterocycles. The van der Waals surface area contributed by atoms with E-state index in [4.69, 9.17) is 4.52 Å². The largest absolute Gasteiger partial charge is 0.328 e. The molecule has 0 saturated carbocycles. The number of nitrogens with one attached hydrogen (secondary N) is 1. The Labute approximate surface area is 162 Å². The molecule has 134 valence electrons. The Morgan fingerprint density at radius 1 is 1.11 bits per heavy atom. The summed E-state index contributed by atoms with van der Waals surface area (Å²) in [5, 5.41) is 14.6. The molecule has 0 saturated heterocycles. The van der Waals surface area contributed by atoms with E-state index in [1.165, 1.54) is 0 Å². The van der Waals surface area contributed by atoms with Crippen molar-refractivity contribution in [1.29, 1.82) is 0 Å². The van der Waals surface area contributed by atoms with Crippen molar-refractivity contribution in [2.24, 2.45) is 0 Å². The van der Waals surface area contributed by atoms with Crippen LogP contribution in [0.1, 0.15) is 16.2 Å². The number of benzene rings is 2. The van der Waals surface area contributed by atoms with E-state index >= 15 is 0 Å². The monoisotopic (exact) mass is 424 g/mol. The van der Waals surface area contributed by atoms with E-state index < -0.39 is 5.91 Å². The number of hydrogen-bond acceptors (Lipinski definition) is 6. The molecule has 0 aliphatic carbocycles. The van der Waals surface area contributed by atoms with Crippen molar-refractivity contribution in [3.63, 3.8) is 0 Å². The number of amides is 1. The summed E-state index contributed by atoms with van der Waals surface area (Å²) in [6, 6.07) is 15.0. The summed E-state index contributed by atoms with van der Waals surface area (Å²) in [5.41, 5.74) is 3.03. The van der Waals surface area contributed by atoms with Gasteiger partial charge in [0.1, 0.15) is 0 Å². The van der Waals surface area contributed by atoms with Crippen molar-refractivity contribution in [3.05, 3.63) is 70.7 Å². The van der Waals surface area contributed by atoms with Gasteiger partial charge in [0, 0.05) is 10.2 Å². The molecule has 0 fully saturated rings. The number of hydrogen-bond donors (Lipinski definition) is 1. The SMILES string of the molecule is Cc1ccc(-n2cc(-c3noc(C(=O)Nc4ccc(Br)cc4)n3)nn2)cc1. The Morgan fingerprint density at radius 3 is 2.59 bits per heavy atom. The summed E-state index contributed by atoms with van der Waals surface area (Å²) in [6.07, 6.45) is 1.67. The Kier molecular flexibility index (Phi) is 4.51. The minimum absolute atomic E-state index is 0.155. The van der Waals surface area contributed by atoms with Crippen LogP contribution in [0.15, 0.2) is 63.7 Å². The second-order valence-corrected chi connectivity index (χ2v) is 6.68. The van der Waals surface area contributed by atoms with E-state index in [0.717, 1.165) is 15.7 Å². The van der Waals surface area contributed by atoms with Crippen LogP contribution < -0.4 is 5.32 Å². The summed E-state index contributed by atoms with van der Waals surface area (Å²) in [5.74, 6) is -0.464. The molecule has 1 N–H and O–H groups in total. The first-order valence-electron chi connectivity index (χ1n) is 7.99. The Bertz CT molecular complexity index is 1090. The van der Waals surface area contributed by atoms with Crippen molar-refractivity contribution in [3.8, 4) is 17.2 Å². The van der Waals surface area contributed by atoms with Crippen molar-refractivity contribution in [2.45, 2.75) is 6.92 Å². The number of carbonyl (C=O) groups excluding carboxylic acids is 1. The second-order valence-electron chi connectivity index (χ2n) is 5.77. The lowest BCUT2D eigenvalue weighted by Crippen LogP contribution is -2.12. The summed E-state index contributed by atoms with van der Waals surface area (Å²) in [4.78, 5) is 16.3. The van der Waals surface area contributed by atoms with E-state index in [2.05, 4.69) is 41.7 Å². The third-order valence-electron chi connectivity index (χ3n) is 3.74. The highest BCUT2D eigenvalue weighted by molar-refractivity contribution is 9.10. The van der Waals surface area contributed by atoms with Crippen LogP contribution in [0.4, 0.5) is 5.69 Å². The van der Waals surface area contributed by atoms with Gasteiger partial charge in [-0.3, -0.25) is 4.79 Å². The fourth-order valence-electron chi connectivity index (χ4n) is 2.33. The standard InChI is InChI=1S/C18H13BrN6O2/c1-11-2-8-14(9-3-11)25-10-15(22-24-25)16-21-18(27-23-16)17(26)20-13-6-4-12(19)5-7-13/h2-10H,1H3,(H,20,26). The predicted molar refractivity (Wildman–Crippen MR) is 101 cm³/mol. The van der Waals surface area contributed by atoms with Crippen molar-refractivity contribution in [2.75, 3.05) is 5.32 Å². The molecule has 2 aromatic heterocycles. The van der Waals surface area contributed by atoms with Crippen LogP contribution in [0, 0.1) is 6.92 Å². The maximum atomic E-state index is 12.2. The third-order valence-corrected chi connectivity index (χ3v) is 4.27. The van der Waals surface area contributed by atoms with Crippen LogP contribution in [0.25, 0.3) is 17.2 Å². The molecule has 27 heavy (non-hydrogen) atoms. The highest BCUT2D eigenvalue weighted by atomic mass is 79.9. The van der Waals surface area contributed by atoms with Gasteiger partial charge in [-0.25, -0.2) is 4.68 Å². The minimum atomic E-state index is -0.498. The van der Waals surface area contributed by atoms with Crippen LogP contribution >= 0.6 is 15.9 Å². The Hall–Kier alpha value is -3.33. The molecule has 0 bridgehead atoms. The van der Waals surface area contributed by atoms with Crippen LogP contribution in [-0.4, -0.2) is 31.0 Å². The fraction of sp³-hybridized carbons (Fsp3) is 0.0556. The van der Waals surface area contributed by atoms with Crippen LogP contribution in [0.2, 0.25) is 0 Å². The maximum Gasteiger partial charge on any atom is 0.316 e. The van der Waals surface area contributed by atoms with Gasteiger partial charge < -0.3 is 9.84 Å². The Morgan fingerprint density at radius 2 is 1.85 bits per heavy atom. The van der Waals surface area contributed by atoms with E-state index in [1.807, 2.05) is 43.3 Å². The van der Waals surface area contributed by atoms with Crippen LogP contribution in [-0.2, 0) is 0 Å². The first-order valence-corrected chi connectivity index (χ1v) is 8.78. The maximum absolute atomic E-state index is 12.2. The first-order chi connectivity index (χ1) is 13.1. The van der Waals surface area contributed by atoms with Gasteiger partial charge in [-0.1, -0.05) is 44.0 Å². The lowest BCUT2D eigenvalue weighted by atomic mass is 10.2. The van der Waals surface area contributed by atoms with Crippen molar-refractivity contribution < 1.29 is 9.32 Å². The molecular weight excluding hydrogens is 412 g/mol.